The summed E-state index contributed by atoms with van der Waals surface area (Å²) >= 11 is 0. The number of carboxylic acids is 1. The standard InChI is InChI=1S/C17H12N2O2/c20-17(21)15-10-9-13(14-8-4-5-11-18-14)16(19-15)12-6-2-1-3-7-12/h1-11H,(H,20,21). The molecule has 0 aliphatic heterocycles. The summed E-state index contributed by atoms with van der Waals surface area (Å²) in [5.74, 6) is -1.04. The molecule has 1 N–H and O–H groups in total. The molecule has 4 nitrogen and oxygen atoms in total. The van der Waals surface area contributed by atoms with Crippen LogP contribution in [-0.2, 0) is 0 Å². The number of rotatable bonds is 3. The van der Waals surface area contributed by atoms with E-state index in [1.54, 1.807) is 12.3 Å². The molecule has 2 aromatic heterocycles. The quantitative estimate of drug-likeness (QED) is 0.795. The van der Waals surface area contributed by atoms with Gasteiger partial charge < -0.3 is 5.11 Å². The third-order valence-electron chi connectivity index (χ3n) is 3.10. The van der Waals surface area contributed by atoms with E-state index in [9.17, 15) is 4.79 Å². The van der Waals surface area contributed by atoms with Crippen molar-refractivity contribution in [3.05, 3.63) is 72.6 Å². The molecule has 0 spiro atoms. The Bertz CT molecular complexity index is 771. The fourth-order valence-corrected chi connectivity index (χ4v) is 2.12. The van der Waals surface area contributed by atoms with Gasteiger partial charge in [-0.15, -0.1) is 0 Å². The number of pyridine rings is 2. The molecule has 0 saturated heterocycles. The van der Waals surface area contributed by atoms with E-state index >= 15 is 0 Å². The third-order valence-corrected chi connectivity index (χ3v) is 3.10. The van der Waals surface area contributed by atoms with Crippen LogP contribution in [0.1, 0.15) is 10.5 Å². The highest BCUT2D eigenvalue weighted by atomic mass is 16.4. The molecule has 0 aliphatic carbocycles. The maximum Gasteiger partial charge on any atom is 0.354 e. The first-order valence-electron chi connectivity index (χ1n) is 6.47. The Kier molecular flexibility index (Phi) is 3.43. The lowest BCUT2D eigenvalue weighted by molar-refractivity contribution is 0.0690. The van der Waals surface area contributed by atoms with E-state index in [0.29, 0.717) is 5.69 Å². The van der Waals surface area contributed by atoms with Crippen LogP contribution < -0.4 is 0 Å². The summed E-state index contributed by atoms with van der Waals surface area (Å²) in [6.07, 6.45) is 1.70. The molecule has 0 saturated carbocycles. The molecule has 0 atom stereocenters. The Balaban J connectivity index is 2.23. The summed E-state index contributed by atoms with van der Waals surface area (Å²) in [5.41, 5.74) is 3.08. The molecule has 3 aromatic rings. The van der Waals surface area contributed by atoms with E-state index in [1.807, 2.05) is 48.5 Å². The van der Waals surface area contributed by atoms with Gasteiger partial charge in [0.05, 0.1) is 11.4 Å². The maximum absolute atomic E-state index is 11.2. The Morgan fingerprint density at radius 3 is 2.33 bits per heavy atom. The third kappa shape index (κ3) is 2.65. The van der Waals surface area contributed by atoms with Gasteiger partial charge in [0, 0.05) is 17.3 Å². The smallest absolute Gasteiger partial charge is 0.354 e. The molecule has 21 heavy (non-hydrogen) atoms. The van der Waals surface area contributed by atoms with E-state index in [4.69, 9.17) is 5.11 Å². The summed E-state index contributed by atoms with van der Waals surface area (Å²) in [6, 6.07) is 18.4. The largest absolute Gasteiger partial charge is 0.477 e. The molecule has 2 heterocycles. The minimum Gasteiger partial charge on any atom is -0.477 e. The lowest BCUT2D eigenvalue weighted by atomic mass is 10.0. The second-order valence-corrected chi connectivity index (χ2v) is 4.48. The topological polar surface area (TPSA) is 63.1 Å². The van der Waals surface area contributed by atoms with Crippen LogP contribution in [0.15, 0.2) is 66.9 Å². The zero-order valence-corrected chi connectivity index (χ0v) is 11.1. The van der Waals surface area contributed by atoms with Gasteiger partial charge in [0.25, 0.3) is 0 Å². The molecule has 0 aliphatic rings. The summed E-state index contributed by atoms with van der Waals surface area (Å²) in [6.45, 7) is 0. The van der Waals surface area contributed by atoms with Crippen molar-refractivity contribution in [2.24, 2.45) is 0 Å². The molecule has 0 amide bonds. The van der Waals surface area contributed by atoms with Crippen LogP contribution in [0.4, 0.5) is 0 Å². The number of benzene rings is 1. The number of aromatic carboxylic acids is 1. The molecule has 102 valence electrons. The van der Waals surface area contributed by atoms with Crippen LogP contribution in [-0.4, -0.2) is 21.0 Å². The summed E-state index contributed by atoms with van der Waals surface area (Å²) in [7, 11) is 0. The highest BCUT2D eigenvalue weighted by Gasteiger charge is 2.13. The summed E-state index contributed by atoms with van der Waals surface area (Å²) in [4.78, 5) is 19.8. The fraction of sp³-hybridized carbons (Fsp3) is 0. The van der Waals surface area contributed by atoms with Crippen molar-refractivity contribution in [2.75, 3.05) is 0 Å². The van der Waals surface area contributed by atoms with Crippen LogP contribution in [0.25, 0.3) is 22.5 Å². The highest BCUT2D eigenvalue weighted by molar-refractivity contribution is 5.88. The average Bonchev–Trinajstić information content (AvgIpc) is 2.56. The number of hydrogen-bond acceptors (Lipinski definition) is 3. The zero-order chi connectivity index (χ0) is 14.7. The van der Waals surface area contributed by atoms with Gasteiger partial charge in [0.15, 0.2) is 0 Å². The Morgan fingerprint density at radius 1 is 0.905 bits per heavy atom. The number of hydrogen-bond donors (Lipinski definition) is 1. The predicted octanol–water partition coefficient (Wildman–Crippen LogP) is 3.51. The molecule has 1 aromatic carbocycles. The van der Waals surface area contributed by atoms with Crippen LogP contribution in [0.2, 0.25) is 0 Å². The van der Waals surface area contributed by atoms with E-state index in [2.05, 4.69) is 9.97 Å². The van der Waals surface area contributed by atoms with Crippen LogP contribution in [0.5, 0.6) is 0 Å². The summed E-state index contributed by atoms with van der Waals surface area (Å²) < 4.78 is 0. The van der Waals surface area contributed by atoms with Crippen LogP contribution in [0, 0.1) is 0 Å². The van der Waals surface area contributed by atoms with Crippen molar-refractivity contribution in [1.82, 2.24) is 9.97 Å². The summed E-state index contributed by atoms with van der Waals surface area (Å²) in [5, 5.41) is 9.14. The zero-order valence-electron chi connectivity index (χ0n) is 11.1. The van der Waals surface area contributed by atoms with E-state index in [0.717, 1.165) is 16.8 Å². The number of carbonyl (C=O) groups is 1. The van der Waals surface area contributed by atoms with Crippen molar-refractivity contribution >= 4 is 5.97 Å². The van der Waals surface area contributed by atoms with Gasteiger partial charge in [0.1, 0.15) is 5.69 Å². The molecule has 0 unspecified atom stereocenters. The minimum absolute atomic E-state index is 0.0218. The van der Waals surface area contributed by atoms with E-state index < -0.39 is 5.97 Å². The van der Waals surface area contributed by atoms with Crippen molar-refractivity contribution in [2.45, 2.75) is 0 Å². The molecule has 4 heteroatoms. The first-order valence-corrected chi connectivity index (χ1v) is 6.47. The SMILES string of the molecule is O=C(O)c1ccc(-c2ccccn2)c(-c2ccccc2)n1. The molecule has 0 bridgehead atoms. The Morgan fingerprint density at radius 2 is 1.67 bits per heavy atom. The van der Waals surface area contributed by atoms with E-state index in [1.165, 1.54) is 6.07 Å². The lowest BCUT2D eigenvalue weighted by Crippen LogP contribution is -2.02. The molecular weight excluding hydrogens is 264 g/mol. The Labute approximate surface area is 121 Å². The average molecular weight is 276 g/mol. The fourth-order valence-electron chi connectivity index (χ4n) is 2.12. The van der Waals surface area contributed by atoms with Gasteiger partial charge in [-0.05, 0) is 24.3 Å². The van der Waals surface area contributed by atoms with Gasteiger partial charge in [-0.2, -0.15) is 0 Å². The molecule has 0 radical (unpaired) electrons. The van der Waals surface area contributed by atoms with Crippen LogP contribution in [0.3, 0.4) is 0 Å². The first kappa shape index (κ1) is 13.0. The lowest BCUT2D eigenvalue weighted by Gasteiger charge is -2.09. The van der Waals surface area contributed by atoms with Gasteiger partial charge >= 0.3 is 5.97 Å². The first-order chi connectivity index (χ1) is 10.3. The number of carboxylic acid groups (broad SMARTS) is 1. The van der Waals surface area contributed by atoms with Gasteiger partial charge in [-0.3, -0.25) is 4.98 Å². The second kappa shape index (κ2) is 5.54. The molecular formula is C17H12N2O2. The number of nitrogens with zero attached hydrogens (tertiary/aromatic N) is 2. The van der Waals surface area contributed by atoms with Crippen molar-refractivity contribution in [1.29, 1.82) is 0 Å². The maximum atomic E-state index is 11.2. The predicted molar refractivity (Wildman–Crippen MR) is 79.9 cm³/mol. The van der Waals surface area contributed by atoms with Gasteiger partial charge in [-0.1, -0.05) is 36.4 Å². The van der Waals surface area contributed by atoms with Gasteiger partial charge in [-0.25, -0.2) is 9.78 Å². The van der Waals surface area contributed by atoms with E-state index in [-0.39, 0.29) is 5.69 Å². The monoisotopic (exact) mass is 276 g/mol. The Hall–Kier alpha value is -3.01. The minimum atomic E-state index is -1.04. The van der Waals surface area contributed by atoms with Crippen molar-refractivity contribution < 1.29 is 9.90 Å². The second-order valence-electron chi connectivity index (χ2n) is 4.48. The van der Waals surface area contributed by atoms with Crippen molar-refractivity contribution in [3.8, 4) is 22.5 Å². The van der Waals surface area contributed by atoms with Crippen molar-refractivity contribution in [3.63, 3.8) is 0 Å². The highest BCUT2D eigenvalue weighted by Crippen LogP contribution is 2.29. The molecule has 0 fully saturated rings. The van der Waals surface area contributed by atoms with Crippen LogP contribution >= 0.6 is 0 Å². The number of aromatic nitrogens is 2. The van der Waals surface area contributed by atoms with Gasteiger partial charge in [0.2, 0.25) is 0 Å². The molecule has 3 rings (SSSR count). The normalized spacial score (nSPS) is 10.3.